The Kier molecular flexibility index (Phi) is 1.95. The molecule has 0 radical (unpaired) electrons. The largest absolute Gasteiger partial charge is 0.396 e. The van der Waals surface area contributed by atoms with Gasteiger partial charge in [0.05, 0.1) is 23.1 Å². The second kappa shape index (κ2) is 3.35. The van der Waals surface area contributed by atoms with Gasteiger partial charge >= 0.3 is 0 Å². The lowest BCUT2D eigenvalue weighted by Crippen LogP contribution is -1.94. The van der Waals surface area contributed by atoms with Crippen LogP contribution in [0.15, 0.2) is 30.5 Å². The fourth-order valence-corrected chi connectivity index (χ4v) is 2.06. The van der Waals surface area contributed by atoms with Crippen LogP contribution in [0.2, 0.25) is 0 Å². The molecule has 0 saturated carbocycles. The molecular formula is C12H11FN4. The van der Waals surface area contributed by atoms with Crippen molar-refractivity contribution in [2.45, 2.75) is 0 Å². The van der Waals surface area contributed by atoms with Gasteiger partial charge in [0.15, 0.2) is 0 Å². The lowest BCUT2D eigenvalue weighted by molar-refractivity contribution is 0.640. The number of hydrogen-bond donors (Lipinski definition) is 2. The van der Waals surface area contributed by atoms with E-state index in [1.54, 1.807) is 18.3 Å². The molecule has 3 rings (SSSR count). The summed E-state index contributed by atoms with van der Waals surface area (Å²) in [7, 11) is 1.87. The van der Waals surface area contributed by atoms with Gasteiger partial charge in [-0.15, -0.1) is 0 Å². The summed E-state index contributed by atoms with van der Waals surface area (Å²) in [6.45, 7) is 0. The maximum Gasteiger partial charge on any atom is 0.132 e. The van der Waals surface area contributed by atoms with E-state index in [4.69, 9.17) is 5.73 Å². The van der Waals surface area contributed by atoms with Crippen LogP contribution in [0.4, 0.5) is 10.1 Å². The Morgan fingerprint density at radius 3 is 2.88 bits per heavy atom. The highest BCUT2D eigenvalue weighted by Gasteiger charge is 2.13. The number of nitrogen functional groups attached to an aromatic ring is 1. The molecule has 86 valence electrons. The molecule has 0 unspecified atom stereocenters. The van der Waals surface area contributed by atoms with Crippen molar-refractivity contribution >= 4 is 16.6 Å². The van der Waals surface area contributed by atoms with Gasteiger partial charge in [0.1, 0.15) is 11.5 Å². The van der Waals surface area contributed by atoms with Crippen molar-refractivity contribution < 1.29 is 4.39 Å². The molecule has 0 atom stereocenters. The summed E-state index contributed by atoms with van der Waals surface area (Å²) in [6, 6.07) is 6.78. The molecule has 3 aromatic rings. The minimum absolute atomic E-state index is 0.234. The first-order chi connectivity index (χ1) is 8.18. The Morgan fingerprint density at radius 2 is 2.24 bits per heavy atom. The molecule has 0 bridgehead atoms. The molecule has 0 saturated heterocycles. The number of halogens is 1. The lowest BCUT2D eigenvalue weighted by Gasteiger charge is -2.02. The van der Waals surface area contributed by atoms with Crippen molar-refractivity contribution in [2.24, 2.45) is 7.05 Å². The van der Waals surface area contributed by atoms with Crippen molar-refractivity contribution in [1.29, 1.82) is 0 Å². The zero-order valence-electron chi connectivity index (χ0n) is 9.24. The fourth-order valence-electron chi connectivity index (χ4n) is 2.06. The Bertz CT molecular complexity index is 696. The number of nitrogens with one attached hydrogen (secondary N) is 1. The van der Waals surface area contributed by atoms with E-state index in [0.29, 0.717) is 16.8 Å². The number of fused-ring (bicyclic) bond motifs is 1. The predicted molar refractivity (Wildman–Crippen MR) is 64.9 cm³/mol. The Hall–Kier alpha value is -2.30. The van der Waals surface area contributed by atoms with Crippen LogP contribution in [0.5, 0.6) is 0 Å². The van der Waals surface area contributed by atoms with Crippen LogP contribution in [0.3, 0.4) is 0 Å². The Labute approximate surface area is 96.9 Å². The van der Waals surface area contributed by atoms with Gasteiger partial charge in [-0.2, -0.15) is 5.10 Å². The van der Waals surface area contributed by atoms with Crippen molar-refractivity contribution in [1.82, 2.24) is 14.8 Å². The standard InChI is InChI=1S/C12H11FN4/c1-17-10-4-2-3-8(13)7(10)5-11(17)12-9(14)6-15-16-12/h2-6H,14H2,1H3,(H,15,16). The highest BCUT2D eigenvalue weighted by Crippen LogP contribution is 2.30. The summed E-state index contributed by atoms with van der Waals surface area (Å²) < 4.78 is 15.5. The molecule has 1 aromatic carbocycles. The number of aromatic amines is 1. The maximum atomic E-state index is 13.7. The second-order valence-corrected chi connectivity index (χ2v) is 3.96. The van der Waals surface area contributed by atoms with E-state index >= 15 is 0 Å². The topological polar surface area (TPSA) is 59.6 Å². The number of aromatic nitrogens is 3. The number of H-pyrrole nitrogens is 1. The molecule has 5 heteroatoms. The van der Waals surface area contributed by atoms with E-state index in [2.05, 4.69) is 10.2 Å². The number of aryl methyl sites for hydroxylation is 1. The number of benzene rings is 1. The number of nitrogens with zero attached hydrogens (tertiary/aromatic N) is 2. The third-order valence-electron chi connectivity index (χ3n) is 2.96. The molecule has 0 aliphatic rings. The molecular weight excluding hydrogens is 219 g/mol. The number of hydrogen-bond acceptors (Lipinski definition) is 2. The van der Waals surface area contributed by atoms with E-state index in [1.807, 2.05) is 17.7 Å². The van der Waals surface area contributed by atoms with E-state index in [0.717, 1.165) is 11.2 Å². The zero-order chi connectivity index (χ0) is 12.0. The van der Waals surface area contributed by atoms with Gasteiger partial charge in [0, 0.05) is 12.4 Å². The number of nitrogens with two attached hydrogens (primary N) is 1. The van der Waals surface area contributed by atoms with Gasteiger partial charge in [0.25, 0.3) is 0 Å². The third-order valence-corrected chi connectivity index (χ3v) is 2.96. The van der Waals surface area contributed by atoms with E-state index in [9.17, 15) is 4.39 Å². The molecule has 3 N–H and O–H groups in total. The SMILES string of the molecule is Cn1c(-c2[nH]ncc2N)cc2c(F)cccc21. The Balaban J connectivity index is 2.36. The van der Waals surface area contributed by atoms with E-state index in [-0.39, 0.29) is 5.82 Å². The van der Waals surface area contributed by atoms with Crippen molar-refractivity contribution in [2.75, 3.05) is 5.73 Å². The molecule has 2 aromatic heterocycles. The first-order valence-corrected chi connectivity index (χ1v) is 5.21. The monoisotopic (exact) mass is 230 g/mol. The summed E-state index contributed by atoms with van der Waals surface area (Å²) in [6.07, 6.45) is 1.54. The highest BCUT2D eigenvalue weighted by atomic mass is 19.1. The van der Waals surface area contributed by atoms with E-state index < -0.39 is 0 Å². The number of anilines is 1. The van der Waals surface area contributed by atoms with Crippen LogP contribution in [-0.4, -0.2) is 14.8 Å². The third kappa shape index (κ3) is 1.32. The van der Waals surface area contributed by atoms with Crippen LogP contribution in [-0.2, 0) is 7.05 Å². The smallest absolute Gasteiger partial charge is 0.132 e. The molecule has 0 aliphatic heterocycles. The minimum atomic E-state index is -0.234. The number of rotatable bonds is 1. The van der Waals surface area contributed by atoms with Gasteiger partial charge in [-0.3, -0.25) is 5.10 Å². The van der Waals surface area contributed by atoms with Crippen molar-refractivity contribution in [3.05, 3.63) is 36.3 Å². The van der Waals surface area contributed by atoms with Crippen LogP contribution < -0.4 is 5.73 Å². The van der Waals surface area contributed by atoms with Crippen molar-refractivity contribution in [3.63, 3.8) is 0 Å². The zero-order valence-corrected chi connectivity index (χ0v) is 9.24. The molecule has 2 heterocycles. The normalized spacial score (nSPS) is 11.2. The molecule has 4 nitrogen and oxygen atoms in total. The minimum Gasteiger partial charge on any atom is -0.396 e. The summed E-state index contributed by atoms with van der Waals surface area (Å²) >= 11 is 0. The average molecular weight is 230 g/mol. The Morgan fingerprint density at radius 1 is 1.41 bits per heavy atom. The summed E-state index contributed by atoms with van der Waals surface area (Å²) in [4.78, 5) is 0. The van der Waals surface area contributed by atoms with Crippen LogP contribution >= 0.6 is 0 Å². The van der Waals surface area contributed by atoms with Crippen LogP contribution in [0.1, 0.15) is 0 Å². The van der Waals surface area contributed by atoms with Gasteiger partial charge in [-0.05, 0) is 18.2 Å². The molecule has 0 aliphatic carbocycles. The predicted octanol–water partition coefficient (Wildman–Crippen LogP) is 2.29. The maximum absolute atomic E-state index is 13.7. The summed E-state index contributed by atoms with van der Waals surface area (Å²) in [5, 5.41) is 7.28. The van der Waals surface area contributed by atoms with E-state index in [1.165, 1.54) is 6.07 Å². The lowest BCUT2D eigenvalue weighted by atomic mass is 10.2. The summed E-state index contributed by atoms with van der Waals surface area (Å²) in [5.41, 5.74) is 8.71. The van der Waals surface area contributed by atoms with Gasteiger partial charge in [0.2, 0.25) is 0 Å². The van der Waals surface area contributed by atoms with Crippen LogP contribution in [0, 0.1) is 5.82 Å². The summed E-state index contributed by atoms with van der Waals surface area (Å²) in [5.74, 6) is -0.234. The molecule has 0 fully saturated rings. The fraction of sp³-hybridized carbons (Fsp3) is 0.0833. The average Bonchev–Trinajstić information content (AvgIpc) is 2.85. The molecule has 0 spiro atoms. The highest BCUT2D eigenvalue weighted by molar-refractivity contribution is 5.88. The second-order valence-electron chi connectivity index (χ2n) is 3.96. The molecule has 17 heavy (non-hydrogen) atoms. The molecule has 0 amide bonds. The van der Waals surface area contributed by atoms with Gasteiger partial charge < -0.3 is 10.3 Å². The first kappa shape index (κ1) is 9.89. The first-order valence-electron chi connectivity index (χ1n) is 5.21. The van der Waals surface area contributed by atoms with Crippen molar-refractivity contribution in [3.8, 4) is 11.4 Å². The van der Waals surface area contributed by atoms with Crippen LogP contribution in [0.25, 0.3) is 22.3 Å². The van der Waals surface area contributed by atoms with Gasteiger partial charge in [-0.25, -0.2) is 4.39 Å². The quantitative estimate of drug-likeness (QED) is 0.673. The van der Waals surface area contributed by atoms with Gasteiger partial charge in [-0.1, -0.05) is 6.07 Å².